The molecule has 4 rings (SSSR count). The van der Waals surface area contributed by atoms with Gasteiger partial charge in [-0.05, 0) is 36.8 Å². The van der Waals surface area contributed by atoms with Crippen molar-refractivity contribution in [2.45, 2.75) is 12.3 Å². The summed E-state index contributed by atoms with van der Waals surface area (Å²) >= 11 is 0. The van der Waals surface area contributed by atoms with Crippen molar-refractivity contribution < 1.29 is 14.3 Å². The van der Waals surface area contributed by atoms with Gasteiger partial charge in [0.25, 0.3) is 0 Å². The van der Waals surface area contributed by atoms with E-state index in [1.54, 1.807) is 23.4 Å². The lowest BCUT2D eigenvalue weighted by Crippen LogP contribution is -2.26. The predicted molar refractivity (Wildman–Crippen MR) is 101 cm³/mol. The van der Waals surface area contributed by atoms with E-state index in [1.807, 2.05) is 6.07 Å². The zero-order valence-electron chi connectivity index (χ0n) is 14.6. The molecule has 136 valence electrons. The normalized spacial score (nSPS) is 16.6. The number of fused-ring (bicyclic) bond motifs is 1. The van der Waals surface area contributed by atoms with E-state index in [2.05, 4.69) is 16.5 Å². The van der Waals surface area contributed by atoms with Crippen LogP contribution < -0.4 is 0 Å². The second-order valence-electron chi connectivity index (χ2n) is 6.63. The molecule has 0 aliphatic carbocycles. The van der Waals surface area contributed by atoms with Crippen LogP contribution in [0.5, 0.6) is 5.75 Å². The van der Waals surface area contributed by atoms with Gasteiger partial charge < -0.3 is 10.0 Å². The van der Waals surface area contributed by atoms with Crippen LogP contribution in [0.4, 0.5) is 4.39 Å². The van der Waals surface area contributed by atoms with Gasteiger partial charge >= 0.3 is 0 Å². The van der Waals surface area contributed by atoms with Crippen LogP contribution in [0, 0.1) is 5.82 Å². The third kappa shape index (κ3) is 3.14. The lowest BCUT2D eigenvalue weighted by atomic mass is 10.0. The number of phenols is 1. The van der Waals surface area contributed by atoms with Crippen LogP contribution in [0.2, 0.25) is 0 Å². The summed E-state index contributed by atoms with van der Waals surface area (Å²) in [5.74, 6) is -0.529. The van der Waals surface area contributed by atoms with E-state index < -0.39 is 5.82 Å². The van der Waals surface area contributed by atoms with Crippen molar-refractivity contribution >= 4 is 16.8 Å². The minimum absolute atomic E-state index is 0.0641. The Labute approximate surface area is 155 Å². The van der Waals surface area contributed by atoms with Crippen LogP contribution in [0.25, 0.3) is 22.0 Å². The number of halogens is 1. The van der Waals surface area contributed by atoms with Gasteiger partial charge in [0.1, 0.15) is 11.6 Å². The molecular weight excluding hydrogens is 345 g/mol. The average molecular weight is 363 g/mol. The number of carbonyl (C=O) groups is 1. The summed E-state index contributed by atoms with van der Waals surface area (Å²) in [5.41, 5.74) is 2.26. The van der Waals surface area contributed by atoms with Crippen molar-refractivity contribution in [1.82, 2.24) is 14.9 Å². The molecule has 5 nitrogen and oxygen atoms in total. The van der Waals surface area contributed by atoms with E-state index in [-0.39, 0.29) is 23.1 Å². The zero-order chi connectivity index (χ0) is 19.0. The number of rotatable bonds is 3. The van der Waals surface area contributed by atoms with E-state index in [4.69, 9.17) is 0 Å². The Kier molecular flexibility index (Phi) is 4.32. The molecule has 6 heteroatoms. The molecule has 27 heavy (non-hydrogen) atoms. The lowest BCUT2D eigenvalue weighted by Gasteiger charge is -2.14. The Balaban J connectivity index is 1.65. The first-order valence-corrected chi connectivity index (χ1v) is 8.71. The van der Waals surface area contributed by atoms with Crippen molar-refractivity contribution in [3.8, 4) is 16.9 Å². The summed E-state index contributed by atoms with van der Waals surface area (Å²) < 4.78 is 14.1. The van der Waals surface area contributed by atoms with Crippen molar-refractivity contribution in [2.24, 2.45) is 0 Å². The van der Waals surface area contributed by atoms with E-state index in [1.165, 1.54) is 24.3 Å². The second kappa shape index (κ2) is 6.79. The fourth-order valence-corrected chi connectivity index (χ4v) is 3.53. The van der Waals surface area contributed by atoms with Gasteiger partial charge in [0.2, 0.25) is 5.91 Å². The number of likely N-dealkylation sites (tertiary alicyclic amines) is 1. The summed E-state index contributed by atoms with van der Waals surface area (Å²) in [7, 11) is 0. The third-order valence-corrected chi connectivity index (χ3v) is 4.96. The molecule has 1 unspecified atom stereocenters. The van der Waals surface area contributed by atoms with Crippen LogP contribution >= 0.6 is 0 Å². The number of phenolic OH excluding ortho intramolecular Hbond substituents is 1. The third-order valence-electron chi connectivity index (χ3n) is 4.96. The topological polar surface area (TPSA) is 66.3 Å². The van der Waals surface area contributed by atoms with Crippen molar-refractivity contribution in [1.29, 1.82) is 0 Å². The van der Waals surface area contributed by atoms with Crippen LogP contribution in [-0.2, 0) is 4.79 Å². The molecule has 0 spiro atoms. The fourth-order valence-electron chi connectivity index (χ4n) is 3.53. The summed E-state index contributed by atoms with van der Waals surface area (Å²) in [5, 5.41) is 10.7. The lowest BCUT2D eigenvalue weighted by molar-refractivity contribution is -0.125. The summed E-state index contributed by atoms with van der Waals surface area (Å²) in [6.45, 7) is 4.83. The largest absolute Gasteiger partial charge is 0.507 e. The highest BCUT2D eigenvalue weighted by atomic mass is 19.1. The molecule has 3 heterocycles. The SMILES string of the molecule is C=CC(=O)N1CCC(c2cc3ncc(-c4c(O)cccc4F)cc3cn2)C1. The van der Waals surface area contributed by atoms with Crippen molar-refractivity contribution in [3.05, 3.63) is 66.9 Å². The molecule has 0 saturated carbocycles. The molecule has 1 N–H and O–H groups in total. The van der Waals surface area contributed by atoms with Crippen LogP contribution in [0.1, 0.15) is 18.0 Å². The van der Waals surface area contributed by atoms with Crippen molar-refractivity contribution in [3.63, 3.8) is 0 Å². The van der Waals surface area contributed by atoms with E-state index in [0.717, 1.165) is 23.0 Å². The summed E-state index contributed by atoms with van der Waals surface area (Å²) in [6.07, 6.45) is 5.43. The number of carbonyl (C=O) groups excluding carboxylic acids is 1. The van der Waals surface area contributed by atoms with Gasteiger partial charge in [0, 0.05) is 48.0 Å². The maximum absolute atomic E-state index is 14.1. The second-order valence-corrected chi connectivity index (χ2v) is 6.63. The minimum atomic E-state index is -0.501. The summed E-state index contributed by atoms with van der Waals surface area (Å²) in [6, 6.07) is 7.88. The molecule has 2 aromatic heterocycles. The number of benzene rings is 1. The Morgan fingerprint density at radius 2 is 2.15 bits per heavy atom. The Bertz CT molecular complexity index is 1030. The molecule has 1 aromatic carbocycles. The quantitative estimate of drug-likeness (QED) is 0.722. The number of nitrogens with zero attached hydrogens (tertiary/aromatic N) is 3. The average Bonchev–Trinajstić information content (AvgIpc) is 3.17. The molecule has 1 amide bonds. The highest BCUT2D eigenvalue weighted by molar-refractivity contribution is 5.87. The molecule has 0 radical (unpaired) electrons. The monoisotopic (exact) mass is 363 g/mol. The molecule has 1 aliphatic rings. The Morgan fingerprint density at radius 1 is 1.30 bits per heavy atom. The van der Waals surface area contributed by atoms with Gasteiger partial charge in [-0.3, -0.25) is 14.8 Å². The van der Waals surface area contributed by atoms with Crippen molar-refractivity contribution in [2.75, 3.05) is 13.1 Å². The van der Waals surface area contributed by atoms with Crippen LogP contribution in [0.3, 0.4) is 0 Å². The number of pyridine rings is 2. The zero-order valence-corrected chi connectivity index (χ0v) is 14.6. The molecular formula is C21H18FN3O2. The smallest absolute Gasteiger partial charge is 0.245 e. The molecule has 1 saturated heterocycles. The number of amides is 1. The van der Waals surface area contributed by atoms with E-state index in [9.17, 15) is 14.3 Å². The molecule has 1 atom stereocenters. The molecule has 3 aromatic rings. The van der Waals surface area contributed by atoms with Gasteiger partial charge in [-0.1, -0.05) is 12.6 Å². The van der Waals surface area contributed by atoms with E-state index >= 15 is 0 Å². The maximum Gasteiger partial charge on any atom is 0.245 e. The molecule has 1 aliphatic heterocycles. The molecule has 1 fully saturated rings. The van der Waals surface area contributed by atoms with Crippen LogP contribution in [-0.4, -0.2) is 39.0 Å². The van der Waals surface area contributed by atoms with Gasteiger partial charge in [-0.25, -0.2) is 4.39 Å². The number of aromatic hydroxyl groups is 1. The highest BCUT2D eigenvalue weighted by Gasteiger charge is 2.27. The predicted octanol–water partition coefficient (Wildman–Crippen LogP) is 3.64. The van der Waals surface area contributed by atoms with Gasteiger partial charge in [0.15, 0.2) is 0 Å². The Hall–Kier alpha value is -3.28. The first-order chi connectivity index (χ1) is 13.1. The minimum Gasteiger partial charge on any atom is -0.507 e. The van der Waals surface area contributed by atoms with E-state index in [0.29, 0.717) is 18.7 Å². The van der Waals surface area contributed by atoms with Gasteiger partial charge in [0.05, 0.1) is 11.1 Å². The Morgan fingerprint density at radius 3 is 2.93 bits per heavy atom. The fraction of sp³-hybridized carbons (Fsp3) is 0.190. The van der Waals surface area contributed by atoms with Gasteiger partial charge in [-0.2, -0.15) is 0 Å². The first kappa shape index (κ1) is 17.1. The standard InChI is InChI=1S/C21H18FN3O2/c1-2-20(27)25-7-6-13(12-25)17-9-18-14(10-23-17)8-15(11-24-18)21-16(22)4-3-5-19(21)26/h2-5,8-11,13,26H,1,6-7,12H2. The number of hydrogen-bond acceptors (Lipinski definition) is 4. The number of aromatic nitrogens is 2. The molecule has 0 bridgehead atoms. The first-order valence-electron chi connectivity index (χ1n) is 8.71. The highest BCUT2D eigenvalue weighted by Crippen LogP contribution is 2.33. The number of hydrogen-bond donors (Lipinski definition) is 1. The maximum atomic E-state index is 14.1. The van der Waals surface area contributed by atoms with Crippen LogP contribution in [0.15, 0.2) is 55.4 Å². The summed E-state index contributed by atoms with van der Waals surface area (Å²) in [4.78, 5) is 22.5. The van der Waals surface area contributed by atoms with Gasteiger partial charge in [-0.15, -0.1) is 0 Å².